The van der Waals surface area contributed by atoms with Crippen LogP contribution in [0.2, 0.25) is 0 Å². The van der Waals surface area contributed by atoms with Gasteiger partial charge in [-0.2, -0.15) is 0 Å². The Morgan fingerprint density at radius 3 is 2.29 bits per heavy atom. The van der Waals surface area contributed by atoms with E-state index in [0.29, 0.717) is 16.9 Å². The Kier molecular flexibility index (Phi) is 5.74. The molecule has 1 aromatic rings. The largest absolute Gasteiger partial charge is 0.497 e. The van der Waals surface area contributed by atoms with Gasteiger partial charge in [-0.3, -0.25) is 4.79 Å². The first-order valence-electron chi connectivity index (χ1n) is 6.56. The van der Waals surface area contributed by atoms with Crippen molar-refractivity contribution in [1.29, 1.82) is 0 Å². The molecule has 0 aliphatic carbocycles. The molecule has 0 amide bonds. The predicted octanol–water partition coefficient (Wildman–Crippen LogP) is 1.70. The summed E-state index contributed by atoms with van der Waals surface area (Å²) in [6, 6.07) is 3.31. The maximum absolute atomic E-state index is 12.3. The quantitative estimate of drug-likeness (QED) is 0.799. The first-order valence-corrected chi connectivity index (χ1v) is 8.05. The fourth-order valence-electron chi connectivity index (χ4n) is 2.06. The Labute approximate surface area is 125 Å². The monoisotopic (exact) mass is 315 g/mol. The van der Waals surface area contributed by atoms with E-state index in [4.69, 9.17) is 9.84 Å². The van der Waals surface area contributed by atoms with Gasteiger partial charge < -0.3 is 9.84 Å². The molecule has 6 nitrogen and oxygen atoms in total. The number of hydrogen-bond donors (Lipinski definition) is 2. The number of carboxylic acids is 1. The molecule has 0 aromatic heterocycles. The number of carbonyl (C=O) groups is 1. The number of hydrogen-bond acceptors (Lipinski definition) is 4. The minimum atomic E-state index is -3.67. The minimum Gasteiger partial charge on any atom is -0.497 e. The molecule has 7 heteroatoms. The summed E-state index contributed by atoms with van der Waals surface area (Å²) in [6.45, 7) is 5.02. The second-order valence-electron chi connectivity index (χ2n) is 5.02. The van der Waals surface area contributed by atoms with E-state index in [9.17, 15) is 13.2 Å². The SMILES string of the molecule is COc1cc(C)c(S(=O)(=O)NCCC(C)C(=O)O)c(C)c1. The number of rotatable bonds is 7. The number of carboxylic acid groups (broad SMARTS) is 1. The summed E-state index contributed by atoms with van der Waals surface area (Å²) >= 11 is 0. The van der Waals surface area contributed by atoms with Crippen LogP contribution in [0.4, 0.5) is 0 Å². The van der Waals surface area contributed by atoms with Gasteiger partial charge in [0.05, 0.1) is 17.9 Å². The van der Waals surface area contributed by atoms with Crippen molar-refractivity contribution >= 4 is 16.0 Å². The normalized spacial score (nSPS) is 13.0. The van der Waals surface area contributed by atoms with Gasteiger partial charge in [0.1, 0.15) is 5.75 Å². The van der Waals surface area contributed by atoms with E-state index in [2.05, 4.69) is 4.72 Å². The van der Waals surface area contributed by atoms with Crippen LogP contribution in [0.3, 0.4) is 0 Å². The molecule has 1 aromatic carbocycles. The Morgan fingerprint density at radius 1 is 1.33 bits per heavy atom. The molecule has 2 N–H and O–H groups in total. The zero-order chi connectivity index (χ0) is 16.2. The van der Waals surface area contributed by atoms with Crippen LogP contribution in [0.5, 0.6) is 5.75 Å². The Balaban J connectivity index is 2.91. The van der Waals surface area contributed by atoms with Crippen molar-refractivity contribution in [3.8, 4) is 5.75 Å². The summed E-state index contributed by atoms with van der Waals surface area (Å²) in [5, 5.41) is 8.78. The highest BCUT2D eigenvalue weighted by molar-refractivity contribution is 7.89. The van der Waals surface area contributed by atoms with E-state index in [1.807, 2.05) is 0 Å². The summed E-state index contributed by atoms with van der Waals surface area (Å²) < 4.78 is 32.2. The molecule has 21 heavy (non-hydrogen) atoms. The van der Waals surface area contributed by atoms with E-state index in [1.165, 1.54) is 7.11 Å². The lowest BCUT2D eigenvalue weighted by Crippen LogP contribution is -2.28. The van der Waals surface area contributed by atoms with Gasteiger partial charge in [-0.1, -0.05) is 6.92 Å². The van der Waals surface area contributed by atoms with Crippen LogP contribution in [0.25, 0.3) is 0 Å². The van der Waals surface area contributed by atoms with Crippen molar-refractivity contribution in [2.75, 3.05) is 13.7 Å². The van der Waals surface area contributed by atoms with Crippen molar-refractivity contribution in [1.82, 2.24) is 4.72 Å². The van der Waals surface area contributed by atoms with E-state index >= 15 is 0 Å². The topological polar surface area (TPSA) is 92.7 Å². The number of methoxy groups -OCH3 is 1. The number of ether oxygens (including phenoxy) is 1. The fourth-order valence-corrected chi connectivity index (χ4v) is 3.55. The average Bonchev–Trinajstić information content (AvgIpc) is 2.36. The van der Waals surface area contributed by atoms with Gasteiger partial charge >= 0.3 is 5.97 Å². The summed E-state index contributed by atoms with van der Waals surface area (Å²) in [7, 11) is -2.14. The van der Waals surface area contributed by atoms with Crippen molar-refractivity contribution in [3.63, 3.8) is 0 Å². The van der Waals surface area contributed by atoms with Crippen LogP contribution < -0.4 is 9.46 Å². The fraction of sp³-hybridized carbons (Fsp3) is 0.500. The molecule has 0 aliphatic heterocycles. The van der Waals surface area contributed by atoms with Gasteiger partial charge in [-0.05, 0) is 43.5 Å². The zero-order valence-electron chi connectivity index (χ0n) is 12.6. The highest BCUT2D eigenvalue weighted by Crippen LogP contribution is 2.25. The standard InChI is InChI=1S/C14H21NO5S/c1-9(14(16)17)5-6-15-21(18,19)13-10(2)7-12(20-4)8-11(13)3/h7-9,15H,5-6H2,1-4H3,(H,16,17). The average molecular weight is 315 g/mol. The van der Waals surface area contributed by atoms with Crippen molar-refractivity contribution in [2.24, 2.45) is 5.92 Å². The van der Waals surface area contributed by atoms with E-state index in [1.54, 1.807) is 32.9 Å². The van der Waals surface area contributed by atoms with E-state index < -0.39 is 21.9 Å². The van der Waals surface area contributed by atoms with Gasteiger partial charge in [-0.25, -0.2) is 13.1 Å². The van der Waals surface area contributed by atoms with Crippen LogP contribution in [-0.2, 0) is 14.8 Å². The van der Waals surface area contributed by atoms with Gasteiger partial charge in [0.2, 0.25) is 10.0 Å². The molecule has 0 fully saturated rings. The number of sulfonamides is 1. The van der Waals surface area contributed by atoms with Crippen LogP contribution in [-0.4, -0.2) is 33.1 Å². The Hall–Kier alpha value is -1.60. The lowest BCUT2D eigenvalue weighted by atomic mass is 10.1. The summed E-state index contributed by atoms with van der Waals surface area (Å²) in [6.07, 6.45) is 0.239. The van der Waals surface area contributed by atoms with Gasteiger partial charge in [0, 0.05) is 6.54 Å². The molecule has 1 unspecified atom stereocenters. The lowest BCUT2D eigenvalue weighted by molar-refractivity contribution is -0.141. The minimum absolute atomic E-state index is 0.0840. The molecule has 1 atom stereocenters. The third-order valence-corrected chi connectivity index (χ3v) is 4.99. The zero-order valence-corrected chi connectivity index (χ0v) is 13.5. The number of aryl methyl sites for hydroxylation is 2. The molecule has 0 spiro atoms. The van der Waals surface area contributed by atoms with Gasteiger partial charge in [0.15, 0.2) is 0 Å². The second-order valence-corrected chi connectivity index (χ2v) is 6.72. The first kappa shape index (κ1) is 17.5. The second kappa shape index (κ2) is 6.91. The molecule has 0 aliphatic rings. The number of aliphatic carboxylic acids is 1. The molecule has 118 valence electrons. The van der Waals surface area contributed by atoms with Gasteiger partial charge in [-0.15, -0.1) is 0 Å². The van der Waals surface area contributed by atoms with Gasteiger partial charge in [0.25, 0.3) is 0 Å². The lowest BCUT2D eigenvalue weighted by Gasteiger charge is -2.14. The maximum Gasteiger partial charge on any atom is 0.306 e. The molecule has 0 saturated heterocycles. The molecule has 0 saturated carbocycles. The van der Waals surface area contributed by atoms with Crippen molar-refractivity contribution < 1.29 is 23.1 Å². The third kappa shape index (κ3) is 4.44. The van der Waals surface area contributed by atoms with Crippen LogP contribution in [0, 0.1) is 19.8 Å². The smallest absolute Gasteiger partial charge is 0.306 e. The highest BCUT2D eigenvalue weighted by Gasteiger charge is 2.21. The molecule has 0 radical (unpaired) electrons. The highest BCUT2D eigenvalue weighted by atomic mass is 32.2. The molecule has 1 rings (SSSR count). The van der Waals surface area contributed by atoms with E-state index in [-0.39, 0.29) is 17.9 Å². The maximum atomic E-state index is 12.3. The molecular formula is C14H21NO5S. The summed E-state index contributed by atoms with van der Waals surface area (Å²) in [5.74, 6) is -0.930. The summed E-state index contributed by atoms with van der Waals surface area (Å²) in [4.78, 5) is 10.9. The Bertz CT molecular complexity index is 601. The van der Waals surface area contributed by atoms with Crippen molar-refractivity contribution in [2.45, 2.75) is 32.1 Å². The Morgan fingerprint density at radius 2 is 1.86 bits per heavy atom. The number of benzene rings is 1. The summed E-state index contributed by atoms with van der Waals surface area (Å²) in [5.41, 5.74) is 1.18. The molecule has 0 heterocycles. The third-order valence-electron chi connectivity index (χ3n) is 3.23. The molecular weight excluding hydrogens is 294 g/mol. The predicted molar refractivity (Wildman–Crippen MR) is 79.1 cm³/mol. The van der Waals surface area contributed by atoms with Crippen molar-refractivity contribution in [3.05, 3.63) is 23.3 Å². The number of nitrogens with one attached hydrogen (secondary N) is 1. The van der Waals surface area contributed by atoms with Crippen LogP contribution in [0.15, 0.2) is 17.0 Å². The molecule has 0 bridgehead atoms. The van der Waals surface area contributed by atoms with Crippen LogP contribution >= 0.6 is 0 Å². The van der Waals surface area contributed by atoms with E-state index in [0.717, 1.165) is 0 Å². The van der Waals surface area contributed by atoms with Crippen LogP contribution in [0.1, 0.15) is 24.5 Å². The first-order chi connectivity index (χ1) is 9.69.